The van der Waals surface area contributed by atoms with E-state index in [1.54, 1.807) is 22.3 Å². The van der Waals surface area contributed by atoms with Crippen LogP contribution in [-0.2, 0) is 22.5 Å². The summed E-state index contributed by atoms with van der Waals surface area (Å²) >= 11 is 0. The highest BCUT2D eigenvalue weighted by Gasteiger charge is 2.18. The third-order valence-electron chi connectivity index (χ3n) is 4.51. The number of hydrogen-bond acceptors (Lipinski definition) is 6. The Kier molecular flexibility index (Phi) is 5.01. The van der Waals surface area contributed by atoms with Crippen LogP contribution in [0.2, 0.25) is 0 Å². The molecule has 0 saturated heterocycles. The first kappa shape index (κ1) is 18.1. The molecule has 0 aliphatic rings. The number of nitrogens with zero attached hydrogens (tertiary/aromatic N) is 6. The van der Waals surface area contributed by atoms with Crippen LogP contribution in [0.1, 0.15) is 32.5 Å². The molecule has 0 aliphatic carbocycles. The Bertz CT molecular complexity index is 1120. The van der Waals surface area contributed by atoms with Crippen molar-refractivity contribution in [2.45, 2.75) is 39.7 Å². The number of carbonyl (C=O) groups excluding carboxylic acids is 1. The fourth-order valence-electron chi connectivity index (χ4n) is 3.14. The lowest BCUT2D eigenvalue weighted by molar-refractivity contribution is -0.143. The molecule has 0 radical (unpaired) electrons. The van der Waals surface area contributed by atoms with E-state index < -0.39 is 0 Å². The molecule has 28 heavy (non-hydrogen) atoms. The van der Waals surface area contributed by atoms with Gasteiger partial charge in [-0.15, -0.1) is 5.10 Å². The molecular formula is C20H22N6O2. The zero-order chi connectivity index (χ0) is 19.5. The van der Waals surface area contributed by atoms with E-state index in [1.807, 2.05) is 30.3 Å². The highest BCUT2D eigenvalue weighted by atomic mass is 16.5. The average Bonchev–Trinajstić information content (AvgIpc) is 3.31. The molecule has 4 rings (SSSR count). The Morgan fingerprint density at radius 1 is 1.11 bits per heavy atom. The number of hydrogen-bond donors (Lipinski definition) is 0. The first-order valence-corrected chi connectivity index (χ1v) is 9.53. The summed E-state index contributed by atoms with van der Waals surface area (Å²) in [6, 6.07) is 9.85. The van der Waals surface area contributed by atoms with Crippen LogP contribution in [-0.4, -0.2) is 41.9 Å². The second-order valence-electron chi connectivity index (χ2n) is 6.51. The molecule has 144 valence electrons. The molecule has 1 aromatic carbocycles. The molecule has 8 heteroatoms. The fraction of sp³-hybridized carbons (Fsp3) is 0.350. The van der Waals surface area contributed by atoms with Gasteiger partial charge in [0.25, 0.3) is 0 Å². The lowest BCUT2D eigenvalue weighted by atomic mass is 10.2. The van der Waals surface area contributed by atoms with Crippen molar-refractivity contribution >= 4 is 22.6 Å². The minimum absolute atomic E-state index is 0.0212. The van der Waals surface area contributed by atoms with Gasteiger partial charge in [-0.3, -0.25) is 4.79 Å². The SMILES string of the molecule is CCCCc1nc2c(cnn2CC(=O)OCC)c2nc(-c3ccccc3)nn12. The number of aromatic nitrogens is 6. The van der Waals surface area contributed by atoms with Crippen molar-refractivity contribution in [3.8, 4) is 11.4 Å². The van der Waals surface area contributed by atoms with Crippen molar-refractivity contribution in [3.05, 3.63) is 42.4 Å². The number of unbranched alkanes of at least 4 members (excludes halogenated alkanes) is 1. The van der Waals surface area contributed by atoms with E-state index in [0.717, 1.165) is 36.0 Å². The molecular weight excluding hydrogens is 356 g/mol. The van der Waals surface area contributed by atoms with Gasteiger partial charge in [0, 0.05) is 12.0 Å². The van der Waals surface area contributed by atoms with Crippen LogP contribution < -0.4 is 0 Å². The maximum atomic E-state index is 11.9. The van der Waals surface area contributed by atoms with Gasteiger partial charge in [-0.2, -0.15) is 9.61 Å². The maximum Gasteiger partial charge on any atom is 0.327 e. The lowest BCUT2D eigenvalue weighted by Gasteiger charge is -2.06. The van der Waals surface area contributed by atoms with Crippen molar-refractivity contribution in [2.75, 3.05) is 6.61 Å². The average molecular weight is 378 g/mol. The number of aryl methyl sites for hydroxylation is 1. The molecule has 0 amide bonds. The van der Waals surface area contributed by atoms with Crippen LogP contribution >= 0.6 is 0 Å². The molecule has 0 aliphatic heterocycles. The fourth-order valence-corrected chi connectivity index (χ4v) is 3.14. The van der Waals surface area contributed by atoms with Gasteiger partial charge in [-0.1, -0.05) is 43.7 Å². The molecule has 0 spiro atoms. The van der Waals surface area contributed by atoms with Crippen molar-refractivity contribution in [1.82, 2.24) is 29.4 Å². The van der Waals surface area contributed by atoms with Crippen molar-refractivity contribution < 1.29 is 9.53 Å². The minimum atomic E-state index is -0.337. The van der Waals surface area contributed by atoms with Gasteiger partial charge in [0.15, 0.2) is 17.1 Å². The Labute approximate surface area is 162 Å². The maximum absolute atomic E-state index is 11.9. The first-order chi connectivity index (χ1) is 13.7. The van der Waals surface area contributed by atoms with E-state index in [9.17, 15) is 4.79 Å². The van der Waals surface area contributed by atoms with Gasteiger partial charge in [0.05, 0.1) is 18.2 Å². The number of fused-ring (bicyclic) bond motifs is 3. The second kappa shape index (κ2) is 7.75. The van der Waals surface area contributed by atoms with Crippen LogP contribution in [0, 0.1) is 0 Å². The normalized spacial score (nSPS) is 11.4. The molecule has 3 aromatic heterocycles. The molecule has 0 unspecified atom stereocenters. The third kappa shape index (κ3) is 3.33. The van der Waals surface area contributed by atoms with Gasteiger partial charge in [-0.25, -0.2) is 14.6 Å². The number of benzene rings is 1. The Balaban J connectivity index is 1.86. The van der Waals surface area contributed by atoms with Crippen LogP contribution in [0.15, 0.2) is 36.5 Å². The zero-order valence-corrected chi connectivity index (χ0v) is 16.0. The van der Waals surface area contributed by atoms with Crippen LogP contribution in [0.25, 0.3) is 28.1 Å². The number of esters is 1. The minimum Gasteiger partial charge on any atom is -0.465 e. The summed E-state index contributed by atoms with van der Waals surface area (Å²) in [4.78, 5) is 21.4. The summed E-state index contributed by atoms with van der Waals surface area (Å²) in [6.07, 6.45) is 4.48. The largest absolute Gasteiger partial charge is 0.465 e. The van der Waals surface area contributed by atoms with Crippen molar-refractivity contribution in [3.63, 3.8) is 0 Å². The molecule has 0 saturated carbocycles. The summed E-state index contributed by atoms with van der Waals surface area (Å²) in [5, 5.41) is 9.81. The van der Waals surface area contributed by atoms with E-state index in [4.69, 9.17) is 19.8 Å². The number of carbonyl (C=O) groups is 1. The predicted molar refractivity (Wildman–Crippen MR) is 105 cm³/mol. The Hall–Kier alpha value is -3.29. The molecule has 4 aromatic rings. The molecule has 0 atom stereocenters. The third-order valence-corrected chi connectivity index (χ3v) is 4.51. The summed E-state index contributed by atoms with van der Waals surface area (Å²) in [6.45, 7) is 4.28. The lowest BCUT2D eigenvalue weighted by Crippen LogP contribution is -2.15. The summed E-state index contributed by atoms with van der Waals surface area (Å²) in [5.41, 5.74) is 2.27. The predicted octanol–water partition coefficient (Wildman–Crippen LogP) is 3.05. The topological polar surface area (TPSA) is 87.2 Å². The van der Waals surface area contributed by atoms with Crippen LogP contribution in [0.4, 0.5) is 0 Å². The van der Waals surface area contributed by atoms with Gasteiger partial charge in [-0.05, 0) is 13.3 Å². The van der Waals surface area contributed by atoms with Gasteiger partial charge >= 0.3 is 5.97 Å². The van der Waals surface area contributed by atoms with E-state index in [1.165, 1.54) is 0 Å². The zero-order valence-electron chi connectivity index (χ0n) is 16.0. The van der Waals surface area contributed by atoms with E-state index >= 15 is 0 Å². The van der Waals surface area contributed by atoms with Crippen molar-refractivity contribution in [2.24, 2.45) is 0 Å². The molecule has 0 fully saturated rings. The molecule has 3 heterocycles. The van der Waals surface area contributed by atoms with Crippen molar-refractivity contribution in [1.29, 1.82) is 0 Å². The molecule has 0 N–H and O–H groups in total. The van der Waals surface area contributed by atoms with Gasteiger partial charge < -0.3 is 4.74 Å². The van der Waals surface area contributed by atoms with Crippen LogP contribution in [0.3, 0.4) is 0 Å². The highest BCUT2D eigenvalue weighted by Crippen LogP contribution is 2.23. The quantitative estimate of drug-likeness (QED) is 0.459. The number of ether oxygens (including phenoxy) is 1. The van der Waals surface area contributed by atoms with E-state index in [2.05, 4.69) is 12.0 Å². The van der Waals surface area contributed by atoms with Crippen LogP contribution in [0.5, 0.6) is 0 Å². The molecule has 0 bridgehead atoms. The Morgan fingerprint density at radius 2 is 1.93 bits per heavy atom. The second-order valence-corrected chi connectivity index (χ2v) is 6.51. The van der Waals surface area contributed by atoms with E-state index in [0.29, 0.717) is 23.7 Å². The van der Waals surface area contributed by atoms with E-state index in [-0.39, 0.29) is 12.5 Å². The highest BCUT2D eigenvalue weighted by molar-refractivity contribution is 5.90. The summed E-state index contributed by atoms with van der Waals surface area (Å²) in [5.74, 6) is 1.12. The first-order valence-electron chi connectivity index (χ1n) is 9.53. The summed E-state index contributed by atoms with van der Waals surface area (Å²) in [7, 11) is 0. The Morgan fingerprint density at radius 3 is 2.68 bits per heavy atom. The van der Waals surface area contributed by atoms with Gasteiger partial charge in [0.1, 0.15) is 12.4 Å². The standard InChI is InChI=1S/C20H22N6O2/c1-3-5-11-16-22-19-15(12-21-25(19)13-17(27)28-4-2)20-23-18(24-26(16)20)14-9-7-6-8-10-14/h6-10,12H,3-5,11,13H2,1-2H3. The summed E-state index contributed by atoms with van der Waals surface area (Å²) < 4.78 is 8.42. The number of rotatable bonds is 7. The van der Waals surface area contributed by atoms with Gasteiger partial charge in [0.2, 0.25) is 0 Å². The smallest absolute Gasteiger partial charge is 0.327 e. The molecule has 8 nitrogen and oxygen atoms in total. The monoisotopic (exact) mass is 378 g/mol.